The molecule has 0 amide bonds. The second-order valence-corrected chi connectivity index (χ2v) is 12.4. The first-order valence-electron chi connectivity index (χ1n) is 16.6. The highest BCUT2D eigenvalue weighted by molar-refractivity contribution is 6.09. The van der Waals surface area contributed by atoms with E-state index in [4.69, 9.17) is 19.9 Å². The molecule has 0 unspecified atom stereocenters. The van der Waals surface area contributed by atoms with Crippen molar-refractivity contribution in [2.75, 3.05) is 0 Å². The third-order valence-corrected chi connectivity index (χ3v) is 9.41. The number of rotatable bonds is 5. The summed E-state index contributed by atoms with van der Waals surface area (Å²) in [6.45, 7) is 0. The Morgan fingerprint density at radius 3 is 1.38 bits per heavy atom. The predicted octanol–water partition coefficient (Wildman–Crippen LogP) is 10.5. The molecule has 0 fully saturated rings. The van der Waals surface area contributed by atoms with Crippen LogP contribution in [-0.2, 0) is 0 Å². The van der Waals surface area contributed by atoms with Gasteiger partial charge in [0.25, 0.3) is 0 Å². The molecule has 0 N–H and O–H groups in total. The molecule has 5 aromatic carbocycles. The highest BCUT2D eigenvalue weighted by atomic mass is 15.1. The Balaban J connectivity index is 1.31. The van der Waals surface area contributed by atoms with Crippen LogP contribution in [-0.4, -0.2) is 29.1 Å². The number of benzene rings is 5. The molecule has 6 nitrogen and oxygen atoms in total. The molecule has 5 aromatic heterocycles. The van der Waals surface area contributed by atoms with Crippen molar-refractivity contribution in [2.24, 2.45) is 0 Å². The first-order chi connectivity index (χ1) is 24.8. The summed E-state index contributed by atoms with van der Waals surface area (Å²) >= 11 is 0. The van der Waals surface area contributed by atoms with Crippen molar-refractivity contribution in [3.63, 3.8) is 0 Å². The molecule has 10 aromatic rings. The summed E-state index contributed by atoms with van der Waals surface area (Å²) in [6, 6.07) is 54.6. The maximum atomic E-state index is 5.23. The van der Waals surface area contributed by atoms with Crippen molar-refractivity contribution < 1.29 is 0 Å². The standard InChI is InChI=1S/C44H28N6/c1-3-13-29(14-4-1)38-28-39(48-42(47-38)30-15-5-2-6-16-30)31-25-32(49-40-21-9-7-17-34(40)36-19-11-23-45-43(36)49)27-33(26-31)50-41-22-10-8-18-35(41)37-20-12-24-46-44(37)50/h1-28H. The number of aromatic nitrogens is 6. The lowest BCUT2D eigenvalue weighted by Crippen LogP contribution is -2.02. The Bertz CT molecular complexity index is 2570. The molecule has 10 rings (SSSR count). The Labute approximate surface area is 287 Å². The van der Waals surface area contributed by atoms with E-state index in [1.165, 1.54) is 0 Å². The number of hydrogen-bond donors (Lipinski definition) is 0. The van der Waals surface area contributed by atoms with E-state index in [0.717, 1.165) is 83.3 Å². The van der Waals surface area contributed by atoms with E-state index < -0.39 is 0 Å². The highest BCUT2D eigenvalue weighted by Crippen LogP contribution is 2.37. The van der Waals surface area contributed by atoms with Gasteiger partial charge >= 0.3 is 0 Å². The lowest BCUT2D eigenvalue weighted by molar-refractivity contribution is 1.09. The van der Waals surface area contributed by atoms with E-state index in [-0.39, 0.29) is 0 Å². The lowest BCUT2D eigenvalue weighted by atomic mass is 10.0. The molecule has 0 aliphatic rings. The Kier molecular flexibility index (Phi) is 6.39. The zero-order valence-electron chi connectivity index (χ0n) is 26.8. The fourth-order valence-corrected chi connectivity index (χ4v) is 7.18. The molecule has 0 saturated heterocycles. The molecular formula is C44H28N6. The van der Waals surface area contributed by atoms with Gasteiger partial charge in [0, 0.05) is 50.6 Å². The lowest BCUT2D eigenvalue weighted by Gasteiger charge is -2.16. The maximum absolute atomic E-state index is 5.23. The molecule has 0 saturated carbocycles. The zero-order chi connectivity index (χ0) is 33.0. The van der Waals surface area contributed by atoms with Gasteiger partial charge in [-0.25, -0.2) is 19.9 Å². The number of hydrogen-bond acceptors (Lipinski definition) is 4. The Hall–Kier alpha value is -6.92. The maximum Gasteiger partial charge on any atom is 0.160 e. The van der Waals surface area contributed by atoms with Crippen LogP contribution >= 0.6 is 0 Å². The van der Waals surface area contributed by atoms with Gasteiger partial charge in [-0.2, -0.15) is 0 Å². The van der Waals surface area contributed by atoms with Crippen LogP contribution in [0, 0.1) is 0 Å². The average molecular weight is 641 g/mol. The van der Waals surface area contributed by atoms with E-state index >= 15 is 0 Å². The van der Waals surface area contributed by atoms with Gasteiger partial charge < -0.3 is 0 Å². The minimum atomic E-state index is 0.672. The third-order valence-electron chi connectivity index (χ3n) is 9.41. The van der Waals surface area contributed by atoms with Crippen molar-refractivity contribution in [3.8, 4) is 45.3 Å². The number of fused-ring (bicyclic) bond motifs is 6. The summed E-state index contributed by atoms with van der Waals surface area (Å²) in [5.74, 6) is 0.672. The van der Waals surface area contributed by atoms with Gasteiger partial charge in [-0.05, 0) is 60.7 Å². The monoisotopic (exact) mass is 640 g/mol. The second-order valence-electron chi connectivity index (χ2n) is 12.4. The van der Waals surface area contributed by atoms with Crippen LogP contribution in [0.1, 0.15) is 0 Å². The fraction of sp³-hybridized carbons (Fsp3) is 0. The second kappa shape index (κ2) is 11.4. The van der Waals surface area contributed by atoms with Gasteiger partial charge in [-0.3, -0.25) is 9.13 Å². The number of pyridine rings is 2. The van der Waals surface area contributed by atoms with E-state index in [9.17, 15) is 0 Å². The van der Waals surface area contributed by atoms with Crippen molar-refractivity contribution in [3.05, 3.63) is 170 Å². The third kappa shape index (κ3) is 4.50. The van der Waals surface area contributed by atoms with Gasteiger partial charge in [0.05, 0.1) is 33.8 Å². The topological polar surface area (TPSA) is 61.4 Å². The Morgan fingerprint density at radius 1 is 0.360 bits per heavy atom. The number of nitrogens with zero attached hydrogens (tertiary/aromatic N) is 6. The highest BCUT2D eigenvalue weighted by Gasteiger charge is 2.19. The van der Waals surface area contributed by atoms with E-state index in [2.05, 4.69) is 118 Å². The van der Waals surface area contributed by atoms with Crippen molar-refractivity contribution in [2.45, 2.75) is 0 Å². The summed E-state index contributed by atoms with van der Waals surface area (Å²) in [6.07, 6.45) is 3.73. The molecule has 0 aliphatic heterocycles. The van der Waals surface area contributed by atoms with Crippen LogP contribution < -0.4 is 0 Å². The largest absolute Gasteiger partial charge is 0.294 e. The molecule has 0 atom stereocenters. The van der Waals surface area contributed by atoms with Crippen molar-refractivity contribution in [1.29, 1.82) is 0 Å². The molecule has 0 bridgehead atoms. The van der Waals surface area contributed by atoms with Crippen molar-refractivity contribution >= 4 is 43.9 Å². The zero-order valence-corrected chi connectivity index (χ0v) is 26.8. The summed E-state index contributed by atoms with van der Waals surface area (Å²) < 4.78 is 4.52. The molecule has 0 spiro atoms. The summed E-state index contributed by atoms with van der Waals surface area (Å²) in [5.41, 5.74) is 10.5. The molecule has 5 heterocycles. The van der Waals surface area contributed by atoms with E-state index in [1.807, 2.05) is 60.9 Å². The van der Waals surface area contributed by atoms with Crippen LogP contribution in [0.5, 0.6) is 0 Å². The smallest absolute Gasteiger partial charge is 0.160 e. The predicted molar refractivity (Wildman–Crippen MR) is 203 cm³/mol. The molecule has 50 heavy (non-hydrogen) atoms. The summed E-state index contributed by atoms with van der Waals surface area (Å²) in [7, 11) is 0. The molecule has 0 aliphatic carbocycles. The van der Waals surface area contributed by atoms with Gasteiger partial charge in [0.2, 0.25) is 0 Å². The van der Waals surface area contributed by atoms with Gasteiger partial charge in [0.1, 0.15) is 11.3 Å². The van der Waals surface area contributed by atoms with Crippen LogP contribution in [0.15, 0.2) is 170 Å². The molecule has 6 heteroatoms. The van der Waals surface area contributed by atoms with Gasteiger partial charge in [-0.1, -0.05) is 97.1 Å². The van der Waals surface area contributed by atoms with Gasteiger partial charge in [0.15, 0.2) is 5.82 Å². The minimum absolute atomic E-state index is 0.672. The van der Waals surface area contributed by atoms with Crippen LogP contribution in [0.2, 0.25) is 0 Å². The normalized spacial score (nSPS) is 11.6. The molecule has 0 radical (unpaired) electrons. The first kappa shape index (κ1) is 28.1. The van der Waals surface area contributed by atoms with E-state index in [1.54, 1.807) is 0 Å². The van der Waals surface area contributed by atoms with Crippen LogP contribution in [0.25, 0.3) is 89.2 Å². The van der Waals surface area contributed by atoms with Crippen molar-refractivity contribution in [1.82, 2.24) is 29.1 Å². The summed E-state index contributed by atoms with van der Waals surface area (Å²) in [4.78, 5) is 20.1. The average Bonchev–Trinajstić information content (AvgIpc) is 3.71. The quantitative estimate of drug-likeness (QED) is 0.188. The van der Waals surface area contributed by atoms with Crippen LogP contribution in [0.4, 0.5) is 0 Å². The first-order valence-corrected chi connectivity index (χ1v) is 16.6. The van der Waals surface area contributed by atoms with E-state index in [0.29, 0.717) is 5.82 Å². The SMILES string of the molecule is c1ccc(-c2cc(-c3cc(-n4c5ccccc5c5cccnc54)cc(-n4c5ccccc5c5cccnc54)c3)nc(-c3ccccc3)n2)cc1. The van der Waals surface area contributed by atoms with Gasteiger partial charge in [-0.15, -0.1) is 0 Å². The summed E-state index contributed by atoms with van der Waals surface area (Å²) in [5, 5.41) is 4.52. The number of para-hydroxylation sites is 2. The fourth-order valence-electron chi connectivity index (χ4n) is 7.18. The Morgan fingerprint density at radius 2 is 0.820 bits per heavy atom. The van der Waals surface area contributed by atoms with Crippen LogP contribution in [0.3, 0.4) is 0 Å². The molecule has 234 valence electrons. The minimum Gasteiger partial charge on any atom is -0.294 e. The molecular weight excluding hydrogens is 613 g/mol.